The molecule has 130 valence electrons. The highest BCUT2D eigenvalue weighted by Gasteiger charge is 2.12. The van der Waals surface area contributed by atoms with Crippen LogP contribution in [0.4, 0.5) is 5.69 Å². The first-order valence-corrected chi connectivity index (χ1v) is 7.58. The number of hydrogen-bond donors (Lipinski definition) is 1. The van der Waals surface area contributed by atoms with Crippen molar-refractivity contribution in [2.24, 2.45) is 0 Å². The topological polar surface area (TPSA) is 111 Å². The largest absolute Gasteiger partial charge is 0.356 e. The van der Waals surface area contributed by atoms with Crippen LogP contribution in [0.5, 0.6) is 0 Å². The molecule has 2 rings (SSSR count). The third kappa shape index (κ3) is 5.10. The predicted molar refractivity (Wildman–Crippen MR) is 90.5 cm³/mol. The molecule has 1 N–H and O–H groups in total. The third-order valence-electron chi connectivity index (χ3n) is 3.56. The SMILES string of the molecule is CC(=O)NCCc1ccc(C(=O)Cn2cc([N+](=O)[O-])ccc2=O)cc1. The molecule has 0 bridgehead atoms. The van der Waals surface area contributed by atoms with Gasteiger partial charge in [-0.15, -0.1) is 0 Å². The van der Waals surface area contributed by atoms with E-state index in [4.69, 9.17) is 0 Å². The van der Waals surface area contributed by atoms with Crippen LogP contribution in [-0.4, -0.2) is 27.7 Å². The van der Waals surface area contributed by atoms with Gasteiger partial charge in [-0.1, -0.05) is 24.3 Å². The minimum atomic E-state index is -0.621. The minimum absolute atomic E-state index is 0.103. The Labute approximate surface area is 143 Å². The van der Waals surface area contributed by atoms with Crippen molar-refractivity contribution >= 4 is 17.4 Å². The predicted octanol–water partition coefficient (Wildman–Crippen LogP) is 1.32. The smallest absolute Gasteiger partial charge is 0.285 e. The van der Waals surface area contributed by atoms with E-state index >= 15 is 0 Å². The standard InChI is InChI=1S/C17H17N3O5/c1-12(21)18-9-8-13-2-4-14(5-3-13)16(22)11-19-10-15(20(24)25)6-7-17(19)23/h2-7,10H,8-9,11H2,1H3,(H,18,21). The Hall–Kier alpha value is -3.29. The molecule has 0 fully saturated rings. The number of benzene rings is 1. The first-order valence-electron chi connectivity index (χ1n) is 7.58. The van der Waals surface area contributed by atoms with Crippen molar-refractivity contribution in [1.82, 2.24) is 9.88 Å². The fourth-order valence-electron chi connectivity index (χ4n) is 2.24. The molecule has 8 nitrogen and oxygen atoms in total. The van der Waals surface area contributed by atoms with Crippen molar-refractivity contribution in [2.75, 3.05) is 6.54 Å². The number of Topliss-reactive ketones (excluding diaryl/α,β-unsaturated/α-hetero) is 1. The number of aromatic nitrogens is 1. The summed E-state index contributed by atoms with van der Waals surface area (Å²) in [7, 11) is 0. The molecule has 1 heterocycles. The number of nitro groups is 1. The van der Waals surface area contributed by atoms with Gasteiger partial charge in [-0.05, 0) is 12.0 Å². The summed E-state index contributed by atoms with van der Waals surface area (Å²) < 4.78 is 1.02. The van der Waals surface area contributed by atoms with Gasteiger partial charge in [-0.3, -0.25) is 24.5 Å². The summed E-state index contributed by atoms with van der Waals surface area (Å²) in [6.07, 6.45) is 1.69. The second-order valence-electron chi connectivity index (χ2n) is 5.46. The monoisotopic (exact) mass is 343 g/mol. The van der Waals surface area contributed by atoms with Crippen LogP contribution in [-0.2, 0) is 17.8 Å². The fraction of sp³-hybridized carbons (Fsp3) is 0.235. The van der Waals surface area contributed by atoms with E-state index in [0.29, 0.717) is 18.5 Å². The molecule has 0 saturated carbocycles. The maximum absolute atomic E-state index is 12.3. The maximum atomic E-state index is 12.3. The van der Waals surface area contributed by atoms with Crippen LogP contribution >= 0.6 is 0 Å². The summed E-state index contributed by atoms with van der Waals surface area (Å²) in [4.78, 5) is 45.0. The Kier molecular flexibility index (Phi) is 5.78. The van der Waals surface area contributed by atoms with Crippen molar-refractivity contribution < 1.29 is 14.5 Å². The molecule has 1 aromatic heterocycles. The summed E-state index contributed by atoms with van der Waals surface area (Å²) >= 11 is 0. The molecular formula is C17H17N3O5. The lowest BCUT2D eigenvalue weighted by Gasteiger charge is -2.06. The summed E-state index contributed by atoms with van der Waals surface area (Å²) in [5.74, 6) is -0.426. The molecule has 1 aromatic carbocycles. The van der Waals surface area contributed by atoms with Crippen LogP contribution in [0.3, 0.4) is 0 Å². The molecule has 0 saturated heterocycles. The lowest BCUT2D eigenvalue weighted by molar-refractivity contribution is -0.385. The number of rotatable bonds is 7. The normalized spacial score (nSPS) is 10.3. The van der Waals surface area contributed by atoms with E-state index in [-0.39, 0.29) is 23.9 Å². The molecule has 0 spiro atoms. The first-order chi connectivity index (χ1) is 11.9. The second kappa shape index (κ2) is 8.00. The quantitative estimate of drug-likeness (QED) is 0.463. The van der Waals surface area contributed by atoms with Crippen LogP contribution in [0, 0.1) is 10.1 Å². The highest BCUT2D eigenvalue weighted by Crippen LogP contribution is 2.09. The molecule has 25 heavy (non-hydrogen) atoms. The third-order valence-corrected chi connectivity index (χ3v) is 3.56. The van der Waals surface area contributed by atoms with Crippen LogP contribution in [0.1, 0.15) is 22.8 Å². The molecule has 0 atom stereocenters. The van der Waals surface area contributed by atoms with Crippen LogP contribution in [0.15, 0.2) is 47.4 Å². The molecule has 8 heteroatoms. The number of carbonyl (C=O) groups is 2. The Bertz CT molecular complexity index is 855. The van der Waals surface area contributed by atoms with Crippen molar-refractivity contribution in [1.29, 1.82) is 0 Å². The summed E-state index contributed by atoms with van der Waals surface area (Å²) in [5.41, 5.74) is 0.631. The Morgan fingerprint density at radius 3 is 2.44 bits per heavy atom. The minimum Gasteiger partial charge on any atom is -0.356 e. The summed E-state index contributed by atoms with van der Waals surface area (Å²) in [6.45, 7) is 1.68. The van der Waals surface area contributed by atoms with Crippen molar-refractivity contribution in [3.05, 3.63) is 74.2 Å². The molecular weight excluding hydrogens is 326 g/mol. The average Bonchev–Trinajstić information content (AvgIpc) is 2.57. The summed E-state index contributed by atoms with van der Waals surface area (Å²) in [6, 6.07) is 8.97. The zero-order chi connectivity index (χ0) is 18.4. The van der Waals surface area contributed by atoms with E-state index in [2.05, 4.69) is 5.32 Å². The van der Waals surface area contributed by atoms with E-state index in [1.807, 2.05) is 0 Å². The van der Waals surface area contributed by atoms with Gasteiger partial charge in [-0.2, -0.15) is 0 Å². The highest BCUT2D eigenvalue weighted by atomic mass is 16.6. The zero-order valence-corrected chi connectivity index (χ0v) is 13.6. The number of nitrogens with one attached hydrogen (secondary N) is 1. The lowest BCUT2D eigenvalue weighted by atomic mass is 10.1. The number of amides is 1. The summed E-state index contributed by atoms with van der Waals surface area (Å²) in [5, 5.41) is 13.5. The van der Waals surface area contributed by atoms with Gasteiger partial charge in [0.1, 0.15) is 0 Å². The van der Waals surface area contributed by atoms with Gasteiger partial charge in [0.2, 0.25) is 5.91 Å². The maximum Gasteiger partial charge on any atom is 0.285 e. The highest BCUT2D eigenvalue weighted by molar-refractivity contribution is 5.95. The van der Waals surface area contributed by atoms with Gasteiger partial charge in [0, 0.05) is 31.2 Å². The van der Waals surface area contributed by atoms with Gasteiger partial charge in [0.05, 0.1) is 17.7 Å². The van der Waals surface area contributed by atoms with Crippen molar-refractivity contribution in [2.45, 2.75) is 19.9 Å². The Morgan fingerprint density at radius 1 is 1.16 bits per heavy atom. The van der Waals surface area contributed by atoms with Crippen LogP contribution < -0.4 is 10.9 Å². The van der Waals surface area contributed by atoms with Gasteiger partial charge in [-0.25, -0.2) is 0 Å². The molecule has 0 unspecified atom stereocenters. The number of nitrogens with zero attached hydrogens (tertiary/aromatic N) is 2. The molecule has 0 aliphatic carbocycles. The molecule has 0 aliphatic rings. The molecule has 1 amide bonds. The van der Waals surface area contributed by atoms with Gasteiger partial charge in [0.15, 0.2) is 5.78 Å². The number of carbonyl (C=O) groups excluding carboxylic acids is 2. The van der Waals surface area contributed by atoms with Crippen LogP contribution in [0.2, 0.25) is 0 Å². The van der Waals surface area contributed by atoms with Crippen molar-refractivity contribution in [3.63, 3.8) is 0 Å². The van der Waals surface area contributed by atoms with Gasteiger partial charge in [0.25, 0.3) is 11.2 Å². The van der Waals surface area contributed by atoms with E-state index in [1.54, 1.807) is 24.3 Å². The van der Waals surface area contributed by atoms with E-state index in [0.717, 1.165) is 28.5 Å². The lowest BCUT2D eigenvalue weighted by Crippen LogP contribution is -2.23. The molecule has 0 radical (unpaired) electrons. The Balaban J connectivity index is 2.06. The van der Waals surface area contributed by atoms with E-state index in [1.165, 1.54) is 6.92 Å². The van der Waals surface area contributed by atoms with Gasteiger partial charge < -0.3 is 9.88 Å². The van der Waals surface area contributed by atoms with Gasteiger partial charge >= 0.3 is 0 Å². The van der Waals surface area contributed by atoms with Crippen molar-refractivity contribution in [3.8, 4) is 0 Å². The van der Waals surface area contributed by atoms with E-state index < -0.39 is 10.5 Å². The molecule has 2 aromatic rings. The average molecular weight is 343 g/mol. The number of pyridine rings is 1. The number of ketones is 1. The Morgan fingerprint density at radius 2 is 1.84 bits per heavy atom. The fourth-order valence-corrected chi connectivity index (χ4v) is 2.24. The second-order valence-corrected chi connectivity index (χ2v) is 5.46. The number of hydrogen-bond acceptors (Lipinski definition) is 5. The molecule has 0 aliphatic heterocycles. The first kappa shape index (κ1) is 18.1. The van der Waals surface area contributed by atoms with E-state index in [9.17, 15) is 24.5 Å². The zero-order valence-electron chi connectivity index (χ0n) is 13.6. The van der Waals surface area contributed by atoms with Crippen LogP contribution in [0.25, 0.3) is 0 Å².